The molecule has 4 heteroatoms. The van der Waals surface area contributed by atoms with Gasteiger partial charge in [0.15, 0.2) is 0 Å². The maximum Gasteiger partial charge on any atom is 0.339 e. The molecule has 0 heterocycles. The molecule has 19 heavy (non-hydrogen) atoms. The van der Waals surface area contributed by atoms with E-state index in [1.807, 2.05) is 31.2 Å². The van der Waals surface area contributed by atoms with Crippen molar-refractivity contribution >= 4 is 21.9 Å². The summed E-state index contributed by atoms with van der Waals surface area (Å²) in [4.78, 5) is 11.1. The zero-order valence-corrected chi connectivity index (χ0v) is 12.0. The number of benzene rings is 2. The summed E-state index contributed by atoms with van der Waals surface area (Å²) in [7, 11) is 0. The molecule has 0 radical (unpaired) electrons. The predicted octanol–water partition coefficient (Wildman–Crippen LogP) is 4.03. The summed E-state index contributed by atoms with van der Waals surface area (Å²) in [6.07, 6.45) is 0. The van der Waals surface area contributed by atoms with E-state index >= 15 is 0 Å². The topological polar surface area (TPSA) is 46.5 Å². The van der Waals surface area contributed by atoms with E-state index in [0.29, 0.717) is 12.4 Å². The van der Waals surface area contributed by atoms with Crippen LogP contribution >= 0.6 is 15.9 Å². The molecular formula is C15H13BrO3. The number of hydrogen-bond donors (Lipinski definition) is 1. The highest BCUT2D eigenvalue weighted by atomic mass is 79.9. The van der Waals surface area contributed by atoms with Gasteiger partial charge in [-0.15, -0.1) is 0 Å². The number of carboxylic acids is 1. The highest BCUT2D eigenvalue weighted by Crippen LogP contribution is 2.24. The molecule has 3 nitrogen and oxygen atoms in total. The second kappa shape index (κ2) is 5.89. The number of halogens is 1. The Morgan fingerprint density at radius 3 is 2.53 bits per heavy atom. The Morgan fingerprint density at radius 1 is 1.21 bits per heavy atom. The molecule has 2 rings (SSSR count). The fourth-order valence-corrected chi connectivity index (χ4v) is 1.98. The second-order valence-electron chi connectivity index (χ2n) is 4.22. The smallest absolute Gasteiger partial charge is 0.339 e. The van der Waals surface area contributed by atoms with Gasteiger partial charge in [-0.3, -0.25) is 0 Å². The van der Waals surface area contributed by atoms with Gasteiger partial charge in [0.2, 0.25) is 0 Å². The third-order valence-corrected chi connectivity index (χ3v) is 3.18. The molecule has 2 aromatic rings. The molecular weight excluding hydrogens is 308 g/mol. The van der Waals surface area contributed by atoms with Gasteiger partial charge in [-0.25, -0.2) is 4.79 Å². The van der Waals surface area contributed by atoms with Crippen LogP contribution in [0, 0.1) is 6.92 Å². The van der Waals surface area contributed by atoms with Gasteiger partial charge >= 0.3 is 5.97 Å². The zero-order chi connectivity index (χ0) is 13.8. The lowest BCUT2D eigenvalue weighted by Crippen LogP contribution is -2.03. The molecule has 0 aromatic heterocycles. The van der Waals surface area contributed by atoms with E-state index in [-0.39, 0.29) is 5.56 Å². The van der Waals surface area contributed by atoms with E-state index in [4.69, 9.17) is 9.84 Å². The summed E-state index contributed by atoms with van der Waals surface area (Å²) in [5.74, 6) is -0.631. The number of aryl methyl sites for hydroxylation is 1. The first-order chi connectivity index (χ1) is 9.06. The molecule has 0 fully saturated rings. The van der Waals surface area contributed by atoms with Crippen molar-refractivity contribution in [2.24, 2.45) is 0 Å². The van der Waals surface area contributed by atoms with E-state index in [1.165, 1.54) is 11.6 Å². The van der Waals surface area contributed by atoms with Crippen LogP contribution in [0.3, 0.4) is 0 Å². The lowest BCUT2D eigenvalue weighted by atomic mass is 10.1. The molecule has 0 amide bonds. The normalized spacial score (nSPS) is 10.2. The van der Waals surface area contributed by atoms with Gasteiger partial charge in [0.05, 0.1) is 0 Å². The standard InChI is InChI=1S/C15H13BrO3/c1-10-2-4-11(5-3-10)9-19-14-8-12(16)6-7-13(14)15(17)18/h2-8H,9H2,1H3,(H,17,18). The minimum absolute atomic E-state index is 0.162. The minimum atomic E-state index is -0.994. The van der Waals surface area contributed by atoms with Crippen molar-refractivity contribution in [1.82, 2.24) is 0 Å². The van der Waals surface area contributed by atoms with Gasteiger partial charge in [-0.05, 0) is 30.7 Å². The Balaban J connectivity index is 2.16. The second-order valence-corrected chi connectivity index (χ2v) is 5.14. The Kier molecular flexibility index (Phi) is 4.22. The van der Waals surface area contributed by atoms with Crippen LogP contribution in [0.1, 0.15) is 21.5 Å². The van der Waals surface area contributed by atoms with Gasteiger partial charge in [0.1, 0.15) is 17.9 Å². The van der Waals surface area contributed by atoms with E-state index in [2.05, 4.69) is 15.9 Å². The van der Waals surface area contributed by atoms with Crippen LogP contribution in [0.5, 0.6) is 5.75 Å². The summed E-state index contributed by atoms with van der Waals surface area (Å²) in [6, 6.07) is 12.8. The number of ether oxygens (including phenoxy) is 1. The fourth-order valence-electron chi connectivity index (χ4n) is 1.64. The first-order valence-corrected chi connectivity index (χ1v) is 6.57. The summed E-state index contributed by atoms with van der Waals surface area (Å²) >= 11 is 3.31. The molecule has 98 valence electrons. The number of hydrogen-bond acceptors (Lipinski definition) is 2. The molecule has 0 atom stereocenters. The number of carbonyl (C=O) groups is 1. The van der Waals surface area contributed by atoms with Crippen LogP contribution < -0.4 is 4.74 Å². The quantitative estimate of drug-likeness (QED) is 0.924. The molecule has 0 unspecified atom stereocenters. The van der Waals surface area contributed by atoms with Crippen molar-refractivity contribution in [3.63, 3.8) is 0 Å². The summed E-state index contributed by atoms with van der Waals surface area (Å²) in [5, 5.41) is 9.09. The van der Waals surface area contributed by atoms with Crippen LogP contribution in [0.4, 0.5) is 0 Å². The third-order valence-electron chi connectivity index (χ3n) is 2.69. The van der Waals surface area contributed by atoms with E-state index < -0.39 is 5.97 Å². The first-order valence-electron chi connectivity index (χ1n) is 5.77. The van der Waals surface area contributed by atoms with Gasteiger partial charge in [-0.2, -0.15) is 0 Å². The molecule has 1 N–H and O–H groups in total. The Hall–Kier alpha value is -1.81. The zero-order valence-electron chi connectivity index (χ0n) is 10.4. The van der Waals surface area contributed by atoms with Crippen LogP contribution in [0.15, 0.2) is 46.9 Å². The number of rotatable bonds is 4. The summed E-state index contributed by atoms with van der Waals surface area (Å²) in [6.45, 7) is 2.36. The van der Waals surface area contributed by atoms with Crippen molar-refractivity contribution in [3.05, 3.63) is 63.6 Å². The average Bonchev–Trinajstić information content (AvgIpc) is 2.38. The molecule has 0 saturated carbocycles. The molecule has 0 aliphatic rings. The molecule has 0 spiro atoms. The van der Waals surface area contributed by atoms with E-state index in [0.717, 1.165) is 10.0 Å². The predicted molar refractivity (Wildman–Crippen MR) is 76.6 cm³/mol. The van der Waals surface area contributed by atoms with Crippen LogP contribution in [0.25, 0.3) is 0 Å². The minimum Gasteiger partial charge on any atom is -0.488 e. The Morgan fingerprint density at radius 2 is 1.89 bits per heavy atom. The summed E-state index contributed by atoms with van der Waals surface area (Å²) in [5.41, 5.74) is 2.34. The van der Waals surface area contributed by atoms with Gasteiger partial charge in [0, 0.05) is 4.47 Å². The highest BCUT2D eigenvalue weighted by Gasteiger charge is 2.11. The lowest BCUT2D eigenvalue weighted by molar-refractivity contribution is 0.0691. The van der Waals surface area contributed by atoms with Crippen molar-refractivity contribution in [2.45, 2.75) is 13.5 Å². The van der Waals surface area contributed by atoms with Crippen molar-refractivity contribution < 1.29 is 14.6 Å². The molecule has 0 saturated heterocycles. The van der Waals surface area contributed by atoms with Gasteiger partial charge in [-0.1, -0.05) is 45.8 Å². The SMILES string of the molecule is Cc1ccc(COc2cc(Br)ccc2C(=O)O)cc1. The van der Waals surface area contributed by atoms with Crippen LogP contribution in [0.2, 0.25) is 0 Å². The molecule has 0 aliphatic heterocycles. The largest absolute Gasteiger partial charge is 0.488 e. The van der Waals surface area contributed by atoms with Crippen molar-refractivity contribution in [3.8, 4) is 5.75 Å². The maximum absolute atomic E-state index is 11.1. The molecule has 0 bridgehead atoms. The Bertz CT molecular complexity index is 591. The maximum atomic E-state index is 11.1. The van der Waals surface area contributed by atoms with E-state index in [1.54, 1.807) is 12.1 Å². The van der Waals surface area contributed by atoms with Gasteiger partial charge < -0.3 is 9.84 Å². The third kappa shape index (κ3) is 3.58. The number of carboxylic acid groups (broad SMARTS) is 1. The Labute approximate surface area is 120 Å². The molecule has 2 aromatic carbocycles. The van der Waals surface area contributed by atoms with Gasteiger partial charge in [0.25, 0.3) is 0 Å². The lowest BCUT2D eigenvalue weighted by Gasteiger charge is -2.10. The molecule has 0 aliphatic carbocycles. The summed E-state index contributed by atoms with van der Waals surface area (Å²) < 4.78 is 6.38. The van der Waals surface area contributed by atoms with Crippen LogP contribution in [-0.2, 0) is 6.61 Å². The van der Waals surface area contributed by atoms with Crippen LogP contribution in [-0.4, -0.2) is 11.1 Å². The highest BCUT2D eigenvalue weighted by molar-refractivity contribution is 9.10. The average molecular weight is 321 g/mol. The van der Waals surface area contributed by atoms with Crippen molar-refractivity contribution in [1.29, 1.82) is 0 Å². The van der Waals surface area contributed by atoms with Crippen molar-refractivity contribution in [2.75, 3.05) is 0 Å². The first kappa shape index (κ1) is 13.6. The van der Waals surface area contributed by atoms with E-state index in [9.17, 15) is 4.79 Å². The number of aromatic carboxylic acids is 1. The monoisotopic (exact) mass is 320 g/mol. The fraction of sp³-hybridized carbons (Fsp3) is 0.133.